The number of likely N-dealkylation sites (N-methyl/N-ethyl adjacent to an activating group) is 1. The van der Waals surface area contributed by atoms with Crippen LogP contribution in [0.15, 0.2) is 5.38 Å². The van der Waals surface area contributed by atoms with Crippen molar-refractivity contribution in [1.29, 1.82) is 0 Å². The molecule has 0 saturated carbocycles. The number of rotatable bonds is 4. The van der Waals surface area contributed by atoms with Gasteiger partial charge in [-0.1, -0.05) is 0 Å². The normalized spacial score (nSPS) is 10.2. The van der Waals surface area contributed by atoms with E-state index in [1.54, 1.807) is 11.3 Å². The van der Waals surface area contributed by atoms with E-state index >= 15 is 0 Å². The number of hydrogen-bond acceptors (Lipinski definition) is 3. The third-order valence-electron chi connectivity index (χ3n) is 2.09. The van der Waals surface area contributed by atoms with Crippen molar-refractivity contribution in [2.75, 3.05) is 13.1 Å². The van der Waals surface area contributed by atoms with Crippen LogP contribution in [0.4, 0.5) is 0 Å². The lowest BCUT2D eigenvalue weighted by molar-refractivity contribution is -0.130. The molecule has 1 aromatic heterocycles. The zero-order chi connectivity index (χ0) is 10.6. The molecule has 0 aliphatic heterocycles. The molecule has 0 aromatic carbocycles. The van der Waals surface area contributed by atoms with Gasteiger partial charge in [0.1, 0.15) is 5.01 Å². The van der Waals surface area contributed by atoms with Crippen molar-refractivity contribution in [2.45, 2.75) is 27.2 Å². The Hall–Kier alpha value is -0.900. The number of amides is 1. The number of thiazole rings is 1. The predicted octanol–water partition coefficient (Wildman–Crippen LogP) is 1.86. The van der Waals surface area contributed by atoms with Crippen LogP contribution in [0.1, 0.15) is 24.5 Å². The third-order valence-corrected chi connectivity index (χ3v) is 3.05. The number of carbonyl (C=O) groups excluding carboxylic acids is 1. The van der Waals surface area contributed by atoms with Gasteiger partial charge in [0.2, 0.25) is 5.91 Å². The summed E-state index contributed by atoms with van der Waals surface area (Å²) in [7, 11) is 0. The standard InChI is InChI=1S/C10H16N2OS/c1-4-12(5-2)10(13)6-9-11-8(3)7-14-9/h7H,4-6H2,1-3H3. The molecule has 0 N–H and O–H groups in total. The van der Waals surface area contributed by atoms with Crippen molar-refractivity contribution >= 4 is 17.2 Å². The van der Waals surface area contributed by atoms with Crippen LogP contribution < -0.4 is 0 Å². The molecule has 3 nitrogen and oxygen atoms in total. The molecule has 0 aliphatic rings. The van der Waals surface area contributed by atoms with Crippen LogP contribution in [0.3, 0.4) is 0 Å². The van der Waals surface area contributed by atoms with Crippen molar-refractivity contribution in [2.24, 2.45) is 0 Å². The Morgan fingerprint density at radius 3 is 2.57 bits per heavy atom. The van der Waals surface area contributed by atoms with Crippen molar-refractivity contribution in [1.82, 2.24) is 9.88 Å². The van der Waals surface area contributed by atoms with E-state index in [1.165, 1.54) is 0 Å². The van der Waals surface area contributed by atoms with Gasteiger partial charge in [-0.05, 0) is 20.8 Å². The van der Waals surface area contributed by atoms with Crippen molar-refractivity contribution in [3.8, 4) is 0 Å². The second-order valence-electron chi connectivity index (χ2n) is 3.13. The monoisotopic (exact) mass is 212 g/mol. The first-order valence-electron chi connectivity index (χ1n) is 4.86. The molecule has 0 aliphatic carbocycles. The van der Waals surface area contributed by atoms with Gasteiger partial charge in [0, 0.05) is 24.2 Å². The van der Waals surface area contributed by atoms with E-state index < -0.39 is 0 Å². The van der Waals surface area contributed by atoms with Gasteiger partial charge in [0.05, 0.1) is 6.42 Å². The van der Waals surface area contributed by atoms with E-state index in [2.05, 4.69) is 4.98 Å². The molecular formula is C10H16N2OS. The van der Waals surface area contributed by atoms with Crippen molar-refractivity contribution in [3.63, 3.8) is 0 Å². The highest BCUT2D eigenvalue weighted by Crippen LogP contribution is 2.10. The second-order valence-corrected chi connectivity index (χ2v) is 4.07. The molecule has 14 heavy (non-hydrogen) atoms. The molecule has 0 bridgehead atoms. The van der Waals surface area contributed by atoms with Gasteiger partial charge in [-0.15, -0.1) is 11.3 Å². The first-order chi connectivity index (χ1) is 6.67. The van der Waals surface area contributed by atoms with E-state index in [-0.39, 0.29) is 5.91 Å². The van der Waals surface area contributed by atoms with Crippen LogP contribution in [0.2, 0.25) is 0 Å². The highest BCUT2D eigenvalue weighted by molar-refractivity contribution is 7.09. The minimum absolute atomic E-state index is 0.171. The largest absolute Gasteiger partial charge is 0.343 e. The summed E-state index contributed by atoms with van der Waals surface area (Å²) in [6, 6.07) is 0. The Kier molecular flexibility index (Phi) is 4.07. The second kappa shape index (κ2) is 5.10. The molecule has 0 saturated heterocycles. The first-order valence-corrected chi connectivity index (χ1v) is 5.74. The van der Waals surface area contributed by atoms with E-state index in [0.717, 1.165) is 23.8 Å². The summed E-state index contributed by atoms with van der Waals surface area (Å²) in [4.78, 5) is 17.8. The Labute approximate surface area is 88.8 Å². The summed E-state index contributed by atoms with van der Waals surface area (Å²) in [6.07, 6.45) is 0.445. The van der Waals surface area contributed by atoms with E-state index in [4.69, 9.17) is 0 Å². The van der Waals surface area contributed by atoms with Crippen LogP contribution in [0.5, 0.6) is 0 Å². The molecule has 0 unspecified atom stereocenters. The third kappa shape index (κ3) is 2.80. The van der Waals surface area contributed by atoms with Gasteiger partial charge in [0.25, 0.3) is 0 Å². The number of aryl methyl sites for hydroxylation is 1. The number of hydrogen-bond donors (Lipinski definition) is 0. The Morgan fingerprint density at radius 1 is 1.50 bits per heavy atom. The lowest BCUT2D eigenvalue weighted by atomic mass is 10.3. The maximum Gasteiger partial charge on any atom is 0.229 e. The first kappa shape index (κ1) is 11.2. The molecule has 1 heterocycles. The van der Waals surface area contributed by atoms with Gasteiger partial charge >= 0.3 is 0 Å². The molecule has 1 aromatic rings. The van der Waals surface area contributed by atoms with Crippen LogP contribution in [0, 0.1) is 6.92 Å². The molecule has 0 atom stereocenters. The van der Waals surface area contributed by atoms with Crippen LogP contribution in [0.25, 0.3) is 0 Å². The fourth-order valence-electron chi connectivity index (χ4n) is 1.30. The zero-order valence-corrected chi connectivity index (χ0v) is 9.73. The minimum atomic E-state index is 0.171. The van der Waals surface area contributed by atoms with Gasteiger partial charge in [-0.25, -0.2) is 4.98 Å². The fraction of sp³-hybridized carbons (Fsp3) is 0.600. The summed E-state index contributed by atoms with van der Waals surface area (Å²) in [5.41, 5.74) is 0.998. The van der Waals surface area contributed by atoms with Gasteiger partial charge in [-0.2, -0.15) is 0 Å². The molecule has 0 spiro atoms. The smallest absolute Gasteiger partial charge is 0.229 e. The summed E-state index contributed by atoms with van der Waals surface area (Å²) >= 11 is 1.56. The van der Waals surface area contributed by atoms with E-state index in [9.17, 15) is 4.79 Å². The Balaban J connectivity index is 2.56. The lowest BCUT2D eigenvalue weighted by Crippen LogP contribution is -2.31. The molecule has 0 fully saturated rings. The SMILES string of the molecule is CCN(CC)C(=O)Cc1nc(C)cs1. The summed E-state index contributed by atoms with van der Waals surface area (Å²) in [5, 5.41) is 2.89. The van der Waals surface area contributed by atoms with Crippen molar-refractivity contribution in [3.05, 3.63) is 16.1 Å². The van der Waals surface area contributed by atoms with Crippen molar-refractivity contribution < 1.29 is 4.79 Å². The topological polar surface area (TPSA) is 33.2 Å². The Bertz CT molecular complexity index is 305. The predicted molar refractivity (Wildman–Crippen MR) is 58.5 cm³/mol. The Morgan fingerprint density at radius 2 is 2.14 bits per heavy atom. The van der Waals surface area contributed by atoms with Crippen LogP contribution in [-0.2, 0) is 11.2 Å². The molecule has 1 rings (SSSR count). The van der Waals surface area contributed by atoms with Gasteiger partial charge in [0.15, 0.2) is 0 Å². The highest BCUT2D eigenvalue weighted by Gasteiger charge is 2.11. The van der Waals surface area contributed by atoms with Crippen LogP contribution >= 0.6 is 11.3 Å². The van der Waals surface area contributed by atoms with E-state index in [0.29, 0.717) is 6.42 Å². The lowest BCUT2D eigenvalue weighted by Gasteiger charge is -2.17. The van der Waals surface area contributed by atoms with Gasteiger partial charge < -0.3 is 4.90 Å². The maximum absolute atomic E-state index is 11.7. The number of aromatic nitrogens is 1. The highest BCUT2D eigenvalue weighted by atomic mass is 32.1. The molecule has 1 amide bonds. The average molecular weight is 212 g/mol. The molecule has 0 radical (unpaired) electrons. The summed E-state index contributed by atoms with van der Waals surface area (Å²) < 4.78 is 0. The zero-order valence-electron chi connectivity index (χ0n) is 8.91. The van der Waals surface area contributed by atoms with Gasteiger partial charge in [-0.3, -0.25) is 4.79 Å². The quantitative estimate of drug-likeness (QED) is 0.763. The van der Waals surface area contributed by atoms with E-state index in [1.807, 2.05) is 31.1 Å². The fourth-order valence-corrected chi connectivity index (χ4v) is 2.06. The molecule has 78 valence electrons. The van der Waals surface area contributed by atoms with Crippen LogP contribution in [-0.4, -0.2) is 28.9 Å². The number of nitrogens with zero attached hydrogens (tertiary/aromatic N) is 2. The molecular weight excluding hydrogens is 196 g/mol. The summed E-state index contributed by atoms with van der Waals surface area (Å²) in [6.45, 7) is 7.49. The molecule has 4 heteroatoms. The minimum Gasteiger partial charge on any atom is -0.343 e. The maximum atomic E-state index is 11.7. The average Bonchev–Trinajstić information content (AvgIpc) is 2.53. The summed E-state index contributed by atoms with van der Waals surface area (Å²) in [5.74, 6) is 0.171. The number of carbonyl (C=O) groups is 1.